The van der Waals surface area contributed by atoms with Crippen molar-refractivity contribution >= 4 is 17.6 Å². The van der Waals surface area contributed by atoms with Gasteiger partial charge >= 0.3 is 5.97 Å². The van der Waals surface area contributed by atoms with Crippen molar-refractivity contribution in [2.24, 2.45) is 17.3 Å². The third-order valence-electron chi connectivity index (χ3n) is 5.31. The van der Waals surface area contributed by atoms with Crippen LogP contribution in [-0.2, 0) is 14.3 Å². The first-order valence-corrected chi connectivity index (χ1v) is 9.36. The topological polar surface area (TPSA) is 64.6 Å². The number of rotatable bonds is 5. The first kappa shape index (κ1) is 20.3. The van der Waals surface area contributed by atoms with Crippen molar-refractivity contribution in [3.63, 3.8) is 0 Å². The first-order valence-electron chi connectivity index (χ1n) is 9.36. The molecule has 0 aliphatic heterocycles. The molecule has 1 aliphatic carbocycles. The lowest BCUT2D eigenvalue weighted by Gasteiger charge is -2.36. The maximum absolute atomic E-state index is 12.4. The number of para-hydroxylation sites is 2. The molecule has 0 spiro atoms. The SMILES string of the molecule is COc1ccccc1NC(=O)[C@H](C)OC(=O)C1CCC(C(C)(C)C)CC1. The van der Waals surface area contributed by atoms with Gasteiger partial charge in [-0.25, -0.2) is 0 Å². The van der Waals surface area contributed by atoms with Gasteiger partial charge in [0.1, 0.15) is 5.75 Å². The Morgan fingerprint density at radius 3 is 2.31 bits per heavy atom. The number of hydrogen-bond donors (Lipinski definition) is 1. The van der Waals surface area contributed by atoms with Crippen LogP contribution in [0.5, 0.6) is 5.75 Å². The van der Waals surface area contributed by atoms with Gasteiger partial charge in [-0.15, -0.1) is 0 Å². The molecule has 1 N–H and O–H groups in total. The Morgan fingerprint density at radius 2 is 1.73 bits per heavy atom. The number of carbonyl (C=O) groups excluding carboxylic acids is 2. The Hall–Kier alpha value is -2.04. The summed E-state index contributed by atoms with van der Waals surface area (Å²) in [4.78, 5) is 24.8. The van der Waals surface area contributed by atoms with Gasteiger partial charge in [0.15, 0.2) is 6.10 Å². The van der Waals surface area contributed by atoms with Crippen LogP contribution in [0.4, 0.5) is 5.69 Å². The Bertz CT molecular complexity index is 627. The number of nitrogens with one attached hydrogen (secondary N) is 1. The van der Waals surface area contributed by atoms with Crippen LogP contribution < -0.4 is 10.1 Å². The van der Waals surface area contributed by atoms with E-state index in [2.05, 4.69) is 26.1 Å². The molecular formula is C21H31NO4. The summed E-state index contributed by atoms with van der Waals surface area (Å²) in [5.41, 5.74) is 0.838. The molecule has 2 rings (SSSR count). The van der Waals surface area contributed by atoms with Crippen molar-refractivity contribution < 1.29 is 19.1 Å². The largest absolute Gasteiger partial charge is 0.495 e. The second kappa shape index (κ2) is 8.56. The number of carbonyl (C=O) groups is 2. The van der Waals surface area contributed by atoms with Gasteiger partial charge in [0.2, 0.25) is 0 Å². The van der Waals surface area contributed by atoms with Crippen LogP contribution in [0, 0.1) is 17.3 Å². The second-order valence-electron chi connectivity index (χ2n) is 8.18. The number of esters is 1. The van der Waals surface area contributed by atoms with Crippen LogP contribution in [-0.4, -0.2) is 25.1 Å². The maximum atomic E-state index is 12.4. The lowest BCUT2D eigenvalue weighted by atomic mass is 9.70. The summed E-state index contributed by atoms with van der Waals surface area (Å²) in [7, 11) is 1.54. The number of benzene rings is 1. The van der Waals surface area contributed by atoms with E-state index < -0.39 is 6.10 Å². The summed E-state index contributed by atoms with van der Waals surface area (Å²) in [6.45, 7) is 8.35. The number of methoxy groups -OCH3 is 1. The normalized spacial score (nSPS) is 21.6. The molecule has 1 fully saturated rings. The summed E-state index contributed by atoms with van der Waals surface area (Å²) in [6.07, 6.45) is 2.90. The molecule has 0 heterocycles. The van der Waals surface area contributed by atoms with Gasteiger partial charge in [0.25, 0.3) is 5.91 Å². The molecule has 1 amide bonds. The molecule has 0 unspecified atom stereocenters. The minimum absolute atomic E-state index is 0.102. The summed E-state index contributed by atoms with van der Waals surface area (Å²) in [5.74, 6) is 0.485. The van der Waals surface area contributed by atoms with Crippen molar-refractivity contribution in [1.29, 1.82) is 0 Å². The van der Waals surface area contributed by atoms with Gasteiger partial charge in [0, 0.05) is 0 Å². The van der Waals surface area contributed by atoms with E-state index in [0.29, 0.717) is 17.4 Å². The average molecular weight is 361 g/mol. The van der Waals surface area contributed by atoms with Crippen LogP contribution >= 0.6 is 0 Å². The highest BCUT2D eigenvalue weighted by Crippen LogP contribution is 2.40. The predicted molar refractivity (Wildman–Crippen MR) is 102 cm³/mol. The van der Waals surface area contributed by atoms with Gasteiger partial charge in [-0.2, -0.15) is 0 Å². The lowest BCUT2D eigenvalue weighted by molar-refractivity contribution is -0.158. The summed E-state index contributed by atoms with van der Waals surface area (Å²) in [6, 6.07) is 7.15. The molecule has 1 aromatic carbocycles. The molecule has 1 saturated carbocycles. The highest BCUT2D eigenvalue weighted by Gasteiger charge is 2.34. The predicted octanol–water partition coefficient (Wildman–Crippen LogP) is 4.42. The molecule has 5 nitrogen and oxygen atoms in total. The number of ether oxygens (including phenoxy) is 2. The zero-order valence-electron chi connectivity index (χ0n) is 16.5. The fraction of sp³-hybridized carbons (Fsp3) is 0.619. The van der Waals surface area contributed by atoms with Crippen molar-refractivity contribution in [2.75, 3.05) is 12.4 Å². The van der Waals surface area contributed by atoms with Gasteiger partial charge in [0.05, 0.1) is 18.7 Å². The van der Waals surface area contributed by atoms with Crippen LogP contribution in [0.1, 0.15) is 53.4 Å². The smallest absolute Gasteiger partial charge is 0.309 e. The zero-order valence-corrected chi connectivity index (χ0v) is 16.5. The van der Waals surface area contributed by atoms with E-state index >= 15 is 0 Å². The van der Waals surface area contributed by atoms with E-state index in [0.717, 1.165) is 25.7 Å². The quantitative estimate of drug-likeness (QED) is 0.789. The lowest BCUT2D eigenvalue weighted by Crippen LogP contribution is -2.34. The first-order chi connectivity index (χ1) is 12.2. The summed E-state index contributed by atoms with van der Waals surface area (Å²) in [5, 5.41) is 2.76. The molecule has 0 bridgehead atoms. The molecular weight excluding hydrogens is 330 g/mol. The molecule has 26 heavy (non-hydrogen) atoms. The molecule has 1 aromatic rings. The van der Waals surface area contributed by atoms with E-state index in [1.165, 1.54) is 0 Å². The maximum Gasteiger partial charge on any atom is 0.309 e. The average Bonchev–Trinajstić information content (AvgIpc) is 2.61. The van der Waals surface area contributed by atoms with E-state index in [9.17, 15) is 9.59 Å². The monoisotopic (exact) mass is 361 g/mol. The highest BCUT2D eigenvalue weighted by atomic mass is 16.5. The molecule has 0 aromatic heterocycles. The Morgan fingerprint density at radius 1 is 1.12 bits per heavy atom. The fourth-order valence-corrected chi connectivity index (χ4v) is 3.50. The van der Waals surface area contributed by atoms with Gasteiger partial charge in [-0.3, -0.25) is 9.59 Å². The van der Waals surface area contributed by atoms with Gasteiger partial charge in [-0.1, -0.05) is 32.9 Å². The van der Waals surface area contributed by atoms with Crippen LogP contribution in [0.2, 0.25) is 0 Å². The minimum atomic E-state index is -0.840. The van der Waals surface area contributed by atoms with Crippen molar-refractivity contribution in [1.82, 2.24) is 0 Å². The van der Waals surface area contributed by atoms with E-state index in [1.807, 2.05) is 12.1 Å². The standard InChI is InChI=1S/C21H31NO4/c1-14(19(23)22-17-8-6-7-9-18(17)25-5)26-20(24)15-10-12-16(13-11-15)21(2,3)4/h6-9,14-16H,10-13H2,1-5H3,(H,22,23)/t14-,15?,16?/m0/s1. The summed E-state index contributed by atoms with van der Waals surface area (Å²) < 4.78 is 10.6. The van der Waals surface area contributed by atoms with Crippen molar-refractivity contribution in [2.45, 2.75) is 59.5 Å². The third kappa shape index (κ3) is 5.23. The van der Waals surface area contributed by atoms with Gasteiger partial charge < -0.3 is 14.8 Å². The van der Waals surface area contributed by atoms with Crippen LogP contribution in [0.3, 0.4) is 0 Å². The zero-order chi connectivity index (χ0) is 19.3. The number of hydrogen-bond acceptors (Lipinski definition) is 4. The molecule has 1 aliphatic rings. The highest BCUT2D eigenvalue weighted by molar-refractivity contribution is 5.96. The molecule has 0 saturated heterocycles. The summed E-state index contributed by atoms with van der Waals surface area (Å²) >= 11 is 0. The second-order valence-corrected chi connectivity index (χ2v) is 8.18. The van der Waals surface area contributed by atoms with Crippen molar-refractivity contribution in [3.8, 4) is 5.75 Å². The molecule has 1 atom stereocenters. The number of amides is 1. The third-order valence-corrected chi connectivity index (χ3v) is 5.31. The Balaban J connectivity index is 1.86. The van der Waals surface area contributed by atoms with Gasteiger partial charge in [-0.05, 0) is 56.1 Å². The Labute approximate surface area is 156 Å². The molecule has 5 heteroatoms. The molecule has 0 radical (unpaired) electrons. The van der Waals surface area contributed by atoms with E-state index in [1.54, 1.807) is 26.2 Å². The van der Waals surface area contributed by atoms with Crippen LogP contribution in [0.15, 0.2) is 24.3 Å². The van der Waals surface area contributed by atoms with Crippen LogP contribution in [0.25, 0.3) is 0 Å². The number of anilines is 1. The van der Waals surface area contributed by atoms with E-state index in [-0.39, 0.29) is 23.2 Å². The fourth-order valence-electron chi connectivity index (χ4n) is 3.50. The minimum Gasteiger partial charge on any atom is -0.495 e. The van der Waals surface area contributed by atoms with Crippen molar-refractivity contribution in [3.05, 3.63) is 24.3 Å². The van der Waals surface area contributed by atoms with E-state index in [4.69, 9.17) is 9.47 Å². The molecule has 144 valence electrons. The Kier molecular flexibility index (Phi) is 6.68.